The summed E-state index contributed by atoms with van der Waals surface area (Å²) < 4.78 is 3.78. The molecule has 0 aliphatic heterocycles. The number of rotatable bonds is 7. The standard InChI is InChI=1S/C15H21N9S/c1-25-15-19-17-13(23(15)11-5-2-3-6-11)7-4-10-16-12-8-9-14-18-21-22-24(14)20-12/h8-9,11H,2-7,10H2,1H3,(H,16,20). The largest absolute Gasteiger partial charge is 0.369 e. The van der Waals surface area contributed by atoms with Crippen molar-refractivity contribution in [3.05, 3.63) is 18.0 Å². The van der Waals surface area contributed by atoms with Crippen LogP contribution in [-0.4, -0.2) is 52.8 Å². The molecule has 0 spiro atoms. The summed E-state index contributed by atoms with van der Waals surface area (Å²) in [6.45, 7) is 0.812. The molecule has 25 heavy (non-hydrogen) atoms. The van der Waals surface area contributed by atoms with E-state index in [1.54, 1.807) is 11.8 Å². The molecule has 1 aliphatic rings. The van der Waals surface area contributed by atoms with Gasteiger partial charge in [0.2, 0.25) is 0 Å². The van der Waals surface area contributed by atoms with E-state index < -0.39 is 0 Å². The molecule has 4 rings (SSSR count). The van der Waals surface area contributed by atoms with Crippen molar-refractivity contribution in [3.63, 3.8) is 0 Å². The maximum absolute atomic E-state index is 4.43. The molecule has 0 aromatic carbocycles. The lowest BCUT2D eigenvalue weighted by Crippen LogP contribution is -2.12. The van der Waals surface area contributed by atoms with Gasteiger partial charge in [-0.05, 0) is 48.1 Å². The zero-order valence-electron chi connectivity index (χ0n) is 14.2. The van der Waals surface area contributed by atoms with Crippen molar-refractivity contribution in [1.29, 1.82) is 0 Å². The average molecular weight is 359 g/mol. The molecule has 0 radical (unpaired) electrons. The molecule has 0 atom stereocenters. The fraction of sp³-hybridized carbons (Fsp3) is 0.600. The Kier molecular flexibility index (Phi) is 4.77. The van der Waals surface area contributed by atoms with Gasteiger partial charge < -0.3 is 9.88 Å². The Hall–Kier alpha value is -2.23. The van der Waals surface area contributed by atoms with Crippen LogP contribution >= 0.6 is 11.8 Å². The summed E-state index contributed by atoms with van der Waals surface area (Å²) in [6.07, 6.45) is 9.05. The van der Waals surface area contributed by atoms with Gasteiger partial charge in [0.05, 0.1) is 0 Å². The minimum absolute atomic E-state index is 0.573. The van der Waals surface area contributed by atoms with Gasteiger partial charge in [-0.25, -0.2) is 0 Å². The number of nitrogens with one attached hydrogen (secondary N) is 1. The van der Waals surface area contributed by atoms with E-state index in [4.69, 9.17) is 0 Å². The highest BCUT2D eigenvalue weighted by atomic mass is 32.2. The van der Waals surface area contributed by atoms with Gasteiger partial charge in [-0.3, -0.25) is 0 Å². The number of aryl methyl sites for hydroxylation is 1. The van der Waals surface area contributed by atoms with Crippen LogP contribution in [-0.2, 0) is 6.42 Å². The fourth-order valence-corrected chi connectivity index (χ4v) is 3.93. The fourth-order valence-electron chi connectivity index (χ4n) is 3.35. The van der Waals surface area contributed by atoms with Gasteiger partial charge in [0.1, 0.15) is 11.6 Å². The summed E-state index contributed by atoms with van der Waals surface area (Å²) >= 11 is 1.68. The Balaban J connectivity index is 1.36. The second-order valence-corrected chi connectivity index (χ2v) is 6.96. The van der Waals surface area contributed by atoms with Crippen LogP contribution in [0.15, 0.2) is 17.3 Å². The first-order valence-corrected chi connectivity index (χ1v) is 9.84. The molecule has 3 aromatic heterocycles. The Bertz CT molecular complexity index is 837. The maximum Gasteiger partial charge on any atom is 0.200 e. The van der Waals surface area contributed by atoms with Crippen molar-refractivity contribution in [2.24, 2.45) is 0 Å². The Labute approximate surface area is 149 Å². The highest BCUT2D eigenvalue weighted by Gasteiger charge is 2.23. The van der Waals surface area contributed by atoms with Gasteiger partial charge >= 0.3 is 0 Å². The van der Waals surface area contributed by atoms with Crippen LogP contribution in [0.3, 0.4) is 0 Å². The smallest absolute Gasteiger partial charge is 0.200 e. The predicted molar refractivity (Wildman–Crippen MR) is 94.7 cm³/mol. The lowest BCUT2D eigenvalue weighted by atomic mass is 10.2. The third kappa shape index (κ3) is 3.44. The molecule has 3 heterocycles. The van der Waals surface area contributed by atoms with Crippen LogP contribution < -0.4 is 5.32 Å². The minimum atomic E-state index is 0.573. The molecule has 1 aliphatic carbocycles. The van der Waals surface area contributed by atoms with E-state index in [2.05, 4.69) is 47.0 Å². The van der Waals surface area contributed by atoms with Crippen LogP contribution in [0.5, 0.6) is 0 Å². The molecule has 0 saturated heterocycles. The molecular weight excluding hydrogens is 338 g/mol. The molecule has 0 unspecified atom stereocenters. The number of tetrazole rings is 1. The van der Waals surface area contributed by atoms with Crippen LogP contribution in [0.25, 0.3) is 5.65 Å². The molecule has 10 heteroatoms. The van der Waals surface area contributed by atoms with E-state index >= 15 is 0 Å². The normalized spacial score (nSPS) is 15.2. The first-order valence-electron chi connectivity index (χ1n) is 8.62. The molecule has 1 saturated carbocycles. The lowest BCUT2D eigenvalue weighted by Gasteiger charge is -2.16. The van der Waals surface area contributed by atoms with Gasteiger partial charge in [0, 0.05) is 19.0 Å². The number of aromatic nitrogens is 8. The Morgan fingerprint density at radius 3 is 2.92 bits per heavy atom. The Morgan fingerprint density at radius 2 is 2.08 bits per heavy atom. The van der Waals surface area contributed by atoms with Crippen molar-refractivity contribution in [2.75, 3.05) is 18.1 Å². The summed E-state index contributed by atoms with van der Waals surface area (Å²) in [6, 6.07) is 4.30. The van der Waals surface area contributed by atoms with E-state index in [0.29, 0.717) is 11.7 Å². The maximum atomic E-state index is 4.43. The topological polar surface area (TPSA) is 98.7 Å². The first-order chi connectivity index (χ1) is 12.3. The van der Waals surface area contributed by atoms with Crippen LogP contribution in [0, 0.1) is 0 Å². The van der Waals surface area contributed by atoms with Crippen LogP contribution in [0.4, 0.5) is 5.82 Å². The summed E-state index contributed by atoms with van der Waals surface area (Å²) in [5.41, 5.74) is 0.639. The SMILES string of the molecule is CSc1nnc(CCCNc2ccc3nnnn3n2)n1C1CCCC1. The molecular formula is C15H21N9S. The molecule has 132 valence electrons. The molecule has 1 fully saturated rings. The quantitative estimate of drug-likeness (QED) is 0.505. The van der Waals surface area contributed by atoms with E-state index in [9.17, 15) is 0 Å². The van der Waals surface area contributed by atoms with E-state index in [-0.39, 0.29) is 0 Å². The number of anilines is 1. The summed E-state index contributed by atoms with van der Waals surface area (Å²) in [4.78, 5) is 0. The Morgan fingerprint density at radius 1 is 1.20 bits per heavy atom. The van der Waals surface area contributed by atoms with Gasteiger partial charge in [0.15, 0.2) is 10.8 Å². The molecule has 0 amide bonds. The van der Waals surface area contributed by atoms with E-state index in [1.807, 2.05) is 12.1 Å². The summed E-state index contributed by atoms with van der Waals surface area (Å²) in [7, 11) is 0. The zero-order chi connectivity index (χ0) is 17.1. The number of hydrogen-bond donors (Lipinski definition) is 1. The van der Waals surface area contributed by atoms with E-state index in [0.717, 1.165) is 36.2 Å². The minimum Gasteiger partial charge on any atom is -0.369 e. The van der Waals surface area contributed by atoms with Crippen LogP contribution in [0.1, 0.15) is 44.0 Å². The van der Waals surface area contributed by atoms with Crippen molar-refractivity contribution in [2.45, 2.75) is 49.7 Å². The number of thioether (sulfide) groups is 1. The molecule has 0 bridgehead atoms. The predicted octanol–water partition coefficient (Wildman–Crippen LogP) is 1.99. The lowest BCUT2D eigenvalue weighted by molar-refractivity contribution is 0.461. The van der Waals surface area contributed by atoms with Crippen molar-refractivity contribution in [1.82, 2.24) is 40.0 Å². The third-order valence-corrected chi connectivity index (χ3v) is 5.20. The second kappa shape index (κ2) is 7.34. The monoisotopic (exact) mass is 359 g/mol. The summed E-state index contributed by atoms with van der Waals surface area (Å²) in [5.74, 6) is 1.86. The number of hydrogen-bond acceptors (Lipinski definition) is 8. The highest BCUT2D eigenvalue weighted by Crippen LogP contribution is 2.33. The van der Waals surface area contributed by atoms with Crippen molar-refractivity contribution in [3.8, 4) is 0 Å². The van der Waals surface area contributed by atoms with Gasteiger partial charge in [0.25, 0.3) is 0 Å². The number of fused-ring (bicyclic) bond motifs is 1. The third-order valence-electron chi connectivity index (χ3n) is 4.56. The van der Waals surface area contributed by atoms with Gasteiger partial charge in [-0.15, -0.1) is 25.0 Å². The highest BCUT2D eigenvalue weighted by molar-refractivity contribution is 7.98. The second-order valence-electron chi connectivity index (χ2n) is 6.19. The number of nitrogens with zero attached hydrogens (tertiary/aromatic N) is 8. The van der Waals surface area contributed by atoms with Crippen molar-refractivity contribution >= 4 is 23.2 Å². The molecule has 9 nitrogen and oxygen atoms in total. The first kappa shape index (κ1) is 16.2. The van der Waals surface area contributed by atoms with Crippen molar-refractivity contribution < 1.29 is 0 Å². The zero-order valence-corrected chi connectivity index (χ0v) is 15.0. The van der Waals surface area contributed by atoms with Gasteiger partial charge in [-0.1, -0.05) is 24.6 Å². The molecule has 3 aromatic rings. The van der Waals surface area contributed by atoms with E-state index in [1.165, 1.54) is 30.3 Å². The van der Waals surface area contributed by atoms with Crippen LogP contribution in [0.2, 0.25) is 0 Å². The average Bonchev–Trinajstić information content (AvgIpc) is 3.37. The molecule has 1 N–H and O–H groups in total. The van der Waals surface area contributed by atoms with Gasteiger partial charge in [-0.2, -0.15) is 0 Å². The summed E-state index contributed by atoms with van der Waals surface area (Å²) in [5, 5.41) is 28.7.